The number of hydrogen-bond donors (Lipinski definition) is 2. The molecule has 1 amide bonds. The molecule has 0 unspecified atom stereocenters. The minimum absolute atomic E-state index is 0.0503. The maximum absolute atomic E-state index is 11.3. The molecule has 19 heavy (non-hydrogen) atoms. The van der Waals surface area contributed by atoms with Crippen LogP contribution >= 0.6 is 15.9 Å². The number of ether oxygens (including phenoxy) is 1. The van der Waals surface area contributed by atoms with Crippen LogP contribution in [-0.4, -0.2) is 22.3 Å². The molecular formula is C12H11BrN4O2. The van der Waals surface area contributed by atoms with E-state index in [-0.39, 0.29) is 12.5 Å². The van der Waals surface area contributed by atoms with Gasteiger partial charge in [-0.25, -0.2) is 0 Å². The highest BCUT2D eigenvalue weighted by Crippen LogP contribution is 2.37. The summed E-state index contributed by atoms with van der Waals surface area (Å²) >= 11 is 3.42. The molecule has 0 saturated carbocycles. The number of aromatic nitrogens is 2. The Balaban J connectivity index is 2.11. The van der Waals surface area contributed by atoms with Crippen molar-refractivity contribution in [3.63, 3.8) is 0 Å². The molecule has 2 aromatic rings. The van der Waals surface area contributed by atoms with Gasteiger partial charge in [0.2, 0.25) is 0 Å². The van der Waals surface area contributed by atoms with E-state index >= 15 is 0 Å². The molecule has 0 bridgehead atoms. The Hall–Kier alpha value is -2.02. The molecule has 98 valence electrons. The van der Waals surface area contributed by atoms with E-state index in [1.165, 1.54) is 0 Å². The maximum atomic E-state index is 11.3. The topological polar surface area (TPSA) is 82.2 Å². The lowest BCUT2D eigenvalue weighted by Gasteiger charge is -2.18. The summed E-state index contributed by atoms with van der Waals surface area (Å²) in [7, 11) is 1.81. The first-order valence-electron chi connectivity index (χ1n) is 5.61. The molecule has 2 heterocycles. The molecule has 0 atom stereocenters. The largest absolute Gasteiger partial charge is 0.482 e. The molecule has 1 aliphatic rings. The summed E-state index contributed by atoms with van der Waals surface area (Å²) in [5, 5.41) is 6.92. The number of anilines is 2. The second-order valence-corrected chi connectivity index (χ2v) is 5.01. The van der Waals surface area contributed by atoms with Crippen LogP contribution in [-0.2, 0) is 11.8 Å². The van der Waals surface area contributed by atoms with Gasteiger partial charge in [-0.15, -0.1) is 0 Å². The van der Waals surface area contributed by atoms with Crippen molar-refractivity contribution in [3.05, 3.63) is 22.7 Å². The summed E-state index contributed by atoms with van der Waals surface area (Å²) in [6.45, 7) is 0.0503. The van der Waals surface area contributed by atoms with E-state index in [0.29, 0.717) is 17.3 Å². The van der Waals surface area contributed by atoms with Crippen LogP contribution < -0.4 is 15.8 Å². The molecule has 7 heteroatoms. The lowest BCUT2D eigenvalue weighted by molar-refractivity contribution is -0.118. The summed E-state index contributed by atoms with van der Waals surface area (Å²) in [6.07, 6.45) is 0. The minimum atomic E-state index is -0.159. The van der Waals surface area contributed by atoms with Crippen LogP contribution in [0.15, 0.2) is 22.7 Å². The summed E-state index contributed by atoms with van der Waals surface area (Å²) < 4.78 is 7.74. The lowest BCUT2D eigenvalue weighted by atomic mass is 10.1. The third-order valence-corrected chi connectivity index (χ3v) is 3.68. The zero-order valence-electron chi connectivity index (χ0n) is 10.1. The first-order chi connectivity index (χ1) is 9.06. The highest BCUT2D eigenvalue weighted by molar-refractivity contribution is 9.10. The fraction of sp³-hybridized carbons (Fsp3) is 0.167. The van der Waals surface area contributed by atoms with E-state index in [0.717, 1.165) is 15.7 Å². The van der Waals surface area contributed by atoms with Gasteiger partial charge in [0.25, 0.3) is 5.91 Å². The highest BCUT2D eigenvalue weighted by atomic mass is 79.9. The summed E-state index contributed by atoms with van der Waals surface area (Å²) in [5.74, 6) is 0.929. The van der Waals surface area contributed by atoms with Gasteiger partial charge in [-0.3, -0.25) is 9.48 Å². The molecule has 1 aromatic heterocycles. The molecule has 0 saturated heterocycles. The zero-order chi connectivity index (χ0) is 13.6. The number of aryl methyl sites for hydroxylation is 1. The van der Waals surface area contributed by atoms with Gasteiger partial charge in [0.1, 0.15) is 5.75 Å². The molecule has 0 spiro atoms. The second-order valence-electron chi connectivity index (χ2n) is 4.22. The number of amides is 1. The number of nitrogens with one attached hydrogen (secondary N) is 1. The van der Waals surface area contributed by atoms with Crippen molar-refractivity contribution in [1.29, 1.82) is 0 Å². The van der Waals surface area contributed by atoms with Gasteiger partial charge < -0.3 is 15.8 Å². The fourth-order valence-corrected chi connectivity index (χ4v) is 2.63. The van der Waals surface area contributed by atoms with Gasteiger partial charge in [0.15, 0.2) is 12.4 Å². The lowest BCUT2D eigenvalue weighted by Crippen LogP contribution is -2.25. The number of nitrogens with zero attached hydrogens (tertiary/aromatic N) is 2. The number of nitrogen functional groups attached to an aromatic ring is 1. The maximum Gasteiger partial charge on any atom is 0.262 e. The number of hydrogen-bond acceptors (Lipinski definition) is 4. The van der Waals surface area contributed by atoms with E-state index in [1.54, 1.807) is 4.68 Å². The van der Waals surface area contributed by atoms with E-state index in [9.17, 15) is 4.79 Å². The number of fused-ring (bicyclic) bond motifs is 1. The number of benzene rings is 1. The van der Waals surface area contributed by atoms with E-state index in [1.807, 2.05) is 25.2 Å². The molecule has 0 fully saturated rings. The predicted molar refractivity (Wildman–Crippen MR) is 74.9 cm³/mol. The Labute approximate surface area is 117 Å². The van der Waals surface area contributed by atoms with Crippen molar-refractivity contribution in [2.45, 2.75) is 0 Å². The Bertz CT molecular complexity index is 681. The smallest absolute Gasteiger partial charge is 0.262 e. The first kappa shape index (κ1) is 12.0. The average molecular weight is 323 g/mol. The van der Waals surface area contributed by atoms with Gasteiger partial charge in [-0.05, 0) is 34.1 Å². The molecule has 1 aliphatic heterocycles. The quantitative estimate of drug-likeness (QED) is 0.838. The van der Waals surface area contributed by atoms with E-state index < -0.39 is 0 Å². The number of carbonyl (C=O) groups is 1. The van der Waals surface area contributed by atoms with Gasteiger partial charge in [0, 0.05) is 12.6 Å². The van der Waals surface area contributed by atoms with Crippen molar-refractivity contribution in [1.82, 2.24) is 9.78 Å². The molecule has 0 radical (unpaired) electrons. The van der Waals surface area contributed by atoms with Crippen molar-refractivity contribution in [2.75, 3.05) is 17.7 Å². The van der Waals surface area contributed by atoms with Crippen molar-refractivity contribution in [2.24, 2.45) is 7.05 Å². The van der Waals surface area contributed by atoms with Gasteiger partial charge in [0.05, 0.1) is 15.9 Å². The fourth-order valence-electron chi connectivity index (χ4n) is 2.06. The SMILES string of the molecule is Cn1nc(N)c(Br)c1-c1ccc2c(c1)NC(=O)CO2. The van der Waals surface area contributed by atoms with Crippen LogP contribution in [0.2, 0.25) is 0 Å². The molecule has 0 aliphatic carbocycles. The van der Waals surface area contributed by atoms with E-state index in [4.69, 9.17) is 10.5 Å². The van der Waals surface area contributed by atoms with Gasteiger partial charge in [-0.2, -0.15) is 5.10 Å². The average Bonchev–Trinajstić information content (AvgIpc) is 2.62. The van der Waals surface area contributed by atoms with Crippen LogP contribution in [0, 0.1) is 0 Å². The van der Waals surface area contributed by atoms with Crippen LogP contribution in [0.25, 0.3) is 11.3 Å². The first-order valence-corrected chi connectivity index (χ1v) is 6.40. The predicted octanol–water partition coefficient (Wildman–Crippen LogP) is 1.76. The summed E-state index contributed by atoms with van der Waals surface area (Å²) in [5.41, 5.74) is 8.16. The standard InChI is InChI=1S/C12H11BrN4O2/c1-17-11(10(13)12(14)16-17)6-2-3-8-7(4-6)15-9(18)5-19-8/h2-4H,5H2,1H3,(H2,14,16)(H,15,18). The van der Waals surface area contributed by atoms with Crippen LogP contribution in [0.1, 0.15) is 0 Å². The van der Waals surface area contributed by atoms with Crippen LogP contribution in [0.5, 0.6) is 5.75 Å². The van der Waals surface area contributed by atoms with Crippen LogP contribution in [0.3, 0.4) is 0 Å². The Morgan fingerprint density at radius 2 is 2.32 bits per heavy atom. The van der Waals surface area contributed by atoms with Gasteiger partial charge in [-0.1, -0.05) is 0 Å². The normalized spacial score (nSPS) is 13.7. The third kappa shape index (κ3) is 1.95. The zero-order valence-corrected chi connectivity index (χ0v) is 11.7. The van der Waals surface area contributed by atoms with Crippen LogP contribution in [0.4, 0.5) is 11.5 Å². The number of nitrogens with two attached hydrogens (primary N) is 1. The number of rotatable bonds is 1. The monoisotopic (exact) mass is 322 g/mol. The second kappa shape index (κ2) is 4.27. The summed E-state index contributed by atoms with van der Waals surface area (Å²) in [6, 6.07) is 5.56. The Morgan fingerprint density at radius 3 is 3.00 bits per heavy atom. The molecule has 6 nitrogen and oxygen atoms in total. The summed E-state index contributed by atoms with van der Waals surface area (Å²) in [4.78, 5) is 11.3. The Morgan fingerprint density at radius 1 is 1.53 bits per heavy atom. The minimum Gasteiger partial charge on any atom is -0.482 e. The number of halogens is 1. The molecular weight excluding hydrogens is 312 g/mol. The number of carbonyl (C=O) groups excluding carboxylic acids is 1. The highest BCUT2D eigenvalue weighted by Gasteiger charge is 2.19. The third-order valence-electron chi connectivity index (χ3n) is 2.90. The molecule has 1 aromatic carbocycles. The van der Waals surface area contributed by atoms with Gasteiger partial charge >= 0.3 is 0 Å². The molecule has 3 N–H and O–H groups in total. The van der Waals surface area contributed by atoms with Crippen molar-refractivity contribution < 1.29 is 9.53 Å². The van der Waals surface area contributed by atoms with Crippen molar-refractivity contribution >= 4 is 33.3 Å². The molecule has 3 rings (SSSR count). The van der Waals surface area contributed by atoms with E-state index in [2.05, 4.69) is 26.3 Å². The van der Waals surface area contributed by atoms with Crippen molar-refractivity contribution in [3.8, 4) is 17.0 Å². The Kier molecular flexibility index (Phi) is 2.70.